The predicted octanol–water partition coefficient (Wildman–Crippen LogP) is 0.676. The number of rotatable bonds is 0. The molecular formula is C9H14O2. The molecule has 11 heavy (non-hydrogen) atoms. The Hall–Kier alpha value is -0.520. The van der Waals surface area contributed by atoms with Crippen molar-refractivity contribution >= 4 is 0 Å². The van der Waals surface area contributed by atoms with Crippen LogP contribution in [-0.2, 0) is 0 Å². The van der Waals surface area contributed by atoms with Gasteiger partial charge in [-0.15, -0.1) is 5.92 Å². The zero-order chi connectivity index (χ0) is 8.32. The lowest BCUT2D eigenvalue weighted by atomic mass is 9.83. The first-order chi connectivity index (χ1) is 5.19. The summed E-state index contributed by atoms with van der Waals surface area (Å²) in [5.74, 6) is 5.31. The molecule has 0 radical (unpaired) electrons. The van der Waals surface area contributed by atoms with Crippen LogP contribution < -0.4 is 0 Å². The maximum absolute atomic E-state index is 9.72. The van der Waals surface area contributed by atoms with Crippen molar-refractivity contribution in [3.05, 3.63) is 0 Å². The summed E-state index contributed by atoms with van der Waals surface area (Å²) in [7, 11) is 0. The molecule has 0 aromatic carbocycles. The predicted molar refractivity (Wildman–Crippen MR) is 42.9 cm³/mol. The van der Waals surface area contributed by atoms with Gasteiger partial charge in [0.15, 0.2) is 5.60 Å². The second-order valence-corrected chi connectivity index (χ2v) is 3.06. The molecule has 0 amide bonds. The average Bonchev–Trinajstić information content (AvgIpc) is 1.96. The smallest absolute Gasteiger partial charge is 0.151 e. The minimum absolute atomic E-state index is 0.606. The summed E-state index contributed by atoms with van der Waals surface area (Å²) in [4.78, 5) is 0. The van der Waals surface area contributed by atoms with E-state index in [1.54, 1.807) is 6.92 Å². The highest BCUT2D eigenvalue weighted by Gasteiger charge is 2.35. The lowest BCUT2D eigenvalue weighted by molar-refractivity contribution is -0.0585. The Bertz CT molecular complexity index is 189. The van der Waals surface area contributed by atoms with Crippen LogP contribution in [0.3, 0.4) is 0 Å². The topological polar surface area (TPSA) is 40.5 Å². The quantitative estimate of drug-likeness (QED) is 0.504. The summed E-state index contributed by atoms with van der Waals surface area (Å²) in [6, 6.07) is 0. The SMILES string of the molecule is CC#C[C@@]1(O)CCCCC1O. The van der Waals surface area contributed by atoms with Gasteiger partial charge in [-0.25, -0.2) is 0 Å². The van der Waals surface area contributed by atoms with Crippen molar-refractivity contribution < 1.29 is 10.2 Å². The summed E-state index contributed by atoms with van der Waals surface area (Å²) in [6.07, 6.45) is 2.58. The van der Waals surface area contributed by atoms with Gasteiger partial charge in [0.25, 0.3) is 0 Å². The largest absolute Gasteiger partial charge is 0.389 e. The molecule has 1 rings (SSSR count). The number of aliphatic hydroxyl groups is 2. The minimum atomic E-state index is -1.12. The van der Waals surface area contributed by atoms with Gasteiger partial charge in [-0.2, -0.15) is 0 Å². The zero-order valence-electron chi connectivity index (χ0n) is 6.80. The van der Waals surface area contributed by atoms with Gasteiger partial charge in [0.2, 0.25) is 0 Å². The van der Waals surface area contributed by atoms with Gasteiger partial charge in [-0.05, 0) is 26.2 Å². The summed E-state index contributed by atoms with van der Waals surface area (Å²) in [5.41, 5.74) is -1.12. The van der Waals surface area contributed by atoms with Crippen molar-refractivity contribution in [2.45, 2.75) is 44.3 Å². The molecule has 0 aromatic rings. The molecule has 1 aliphatic rings. The van der Waals surface area contributed by atoms with Gasteiger partial charge in [0.1, 0.15) is 0 Å². The van der Waals surface area contributed by atoms with Crippen molar-refractivity contribution in [2.75, 3.05) is 0 Å². The zero-order valence-corrected chi connectivity index (χ0v) is 6.80. The van der Waals surface area contributed by atoms with E-state index >= 15 is 0 Å². The first-order valence-corrected chi connectivity index (χ1v) is 4.03. The summed E-state index contributed by atoms with van der Waals surface area (Å²) in [5, 5.41) is 19.1. The van der Waals surface area contributed by atoms with Crippen LogP contribution in [0.5, 0.6) is 0 Å². The second-order valence-electron chi connectivity index (χ2n) is 3.06. The first-order valence-electron chi connectivity index (χ1n) is 4.03. The fraction of sp³-hybridized carbons (Fsp3) is 0.778. The fourth-order valence-corrected chi connectivity index (χ4v) is 1.50. The third-order valence-electron chi connectivity index (χ3n) is 2.18. The van der Waals surface area contributed by atoms with Crippen LogP contribution in [0.15, 0.2) is 0 Å². The van der Waals surface area contributed by atoms with Crippen molar-refractivity contribution in [1.29, 1.82) is 0 Å². The Balaban J connectivity index is 2.69. The van der Waals surface area contributed by atoms with Gasteiger partial charge >= 0.3 is 0 Å². The molecule has 2 heteroatoms. The molecular weight excluding hydrogens is 140 g/mol. The van der Waals surface area contributed by atoms with Gasteiger partial charge in [0, 0.05) is 0 Å². The minimum Gasteiger partial charge on any atom is -0.389 e. The van der Waals surface area contributed by atoms with Crippen LogP contribution in [0.4, 0.5) is 0 Å². The van der Waals surface area contributed by atoms with Crippen molar-refractivity contribution in [2.24, 2.45) is 0 Å². The first kappa shape index (κ1) is 8.58. The van der Waals surface area contributed by atoms with E-state index in [2.05, 4.69) is 11.8 Å². The average molecular weight is 154 g/mol. The molecule has 62 valence electrons. The van der Waals surface area contributed by atoms with E-state index in [-0.39, 0.29) is 0 Å². The Kier molecular flexibility index (Phi) is 2.53. The lowest BCUT2D eigenvalue weighted by Gasteiger charge is -2.32. The van der Waals surface area contributed by atoms with Crippen LogP contribution in [-0.4, -0.2) is 21.9 Å². The van der Waals surface area contributed by atoms with Crippen LogP contribution >= 0.6 is 0 Å². The van der Waals surface area contributed by atoms with E-state index in [0.717, 1.165) is 12.8 Å². The Labute approximate surface area is 67.2 Å². The summed E-state index contributed by atoms with van der Waals surface area (Å²) < 4.78 is 0. The molecule has 0 heterocycles. The molecule has 0 aromatic heterocycles. The Morgan fingerprint density at radius 1 is 1.45 bits per heavy atom. The molecule has 1 fully saturated rings. The molecule has 0 aliphatic heterocycles. The van der Waals surface area contributed by atoms with Crippen LogP contribution in [0.1, 0.15) is 32.6 Å². The second kappa shape index (κ2) is 3.25. The monoisotopic (exact) mass is 154 g/mol. The Morgan fingerprint density at radius 3 is 2.73 bits per heavy atom. The highest BCUT2D eigenvalue weighted by molar-refractivity contribution is 5.16. The third-order valence-corrected chi connectivity index (χ3v) is 2.18. The summed E-state index contributed by atoms with van der Waals surface area (Å²) >= 11 is 0. The molecule has 0 bridgehead atoms. The van der Waals surface area contributed by atoms with E-state index in [4.69, 9.17) is 0 Å². The molecule has 2 nitrogen and oxygen atoms in total. The highest BCUT2D eigenvalue weighted by atomic mass is 16.3. The maximum atomic E-state index is 9.72. The van der Waals surface area contributed by atoms with Crippen molar-refractivity contribution in [3.63, 3.8) is 0 Å². The van der Waals surface area contributed by atoms with E-state index in [1.807, 2.05) is 0 Å². The van der Waals surface area contributed by atoms with E-state index in [1.165, 1.54) is 0 Å². The van der Waals surface area contributed by atoms with Crippen LogP contribution in [0.2, 0.25) is 0 Å². The maximum Gasteiger partial charge on any atom is 0.151 e. The van der Waals surface area contributed by atoms with Crippen molar-refractivity contribution in [1.82, 2.24) is 0 Å². The fourth-order valence-electron chi connectivity index (χ4n) is 1.50. The number of hydrogen-bond donors (Lipinski definition) is 2. The summed E-state index contributed by atoms with van der Waals surface area (Å²) in [6.45, 7) is 1.68. The molecule has 2 atom stereocenters. The van der Waals surface area contributed by atoms with Crippen LogP contribution in [0, 0.1) is 11.8 Å². The molecule has 1 unspecified atom stereocenters. The van der Waals surface area contributed by atoms with E-state index < -0.39 is 11.7 Å². The normalized spacial score (nSPS) is 37.5. The molecule has 1 saturated carbocycles. The van der Waals surface area contributed by atoms with E-state index in [0.29, 0.717) is 12.8 Å². The molecule has 0 saturated heterocycles. The molecule has 2 N–H and O–H groups in total. The van der Waals surface area contributed by atoms with E-state index in [9.17, 15) is 10.2 Å². The Morgan fingerprint density at radius 2 is 2.18 bits per heavy atom. The highest BCUT2D eigenvalue weighted by Crippen LogP contribution is 2.27. The third kappa shape index (κ3) is 1.74. The lowest BCUT2D eigenvalue weighted by Crippen LogP contribution is -2.43. The molecule has 1 aliphatic carbocycles. The van der Waals surface area contributed by atoms with Crippen molar-refractivity contribution in [3.8, 4) is 11.8 Å². The van der Waals surface area contributed by atoms with Gasteiger partial charge < -0.3 is 10.2 Å². The van der Waals surface area contributed by atoms with Gasteiger partial charge in [-0.1, -0.05) is 12.3 Å². The van der Waals surface area contributed by atoms with Crippen LogP contribution in [0.25, 0.3) is 0 Å². The number of hydrogen-bond acceptors (Lipinski definition) is 2. The standard InChI is InChI=1S/C9H14O2/c1-2-6-9(11)7-4-3-5-8(9)10/h8,10-11H,3-5,7H2,1H3/t8?,9-/m1/s1. The van der Waals surface area contributed by atoms with Gasteiger partial charge in [0.05, 0.1) is 6.10 Å². The molecule has 0 spiro atoms. The number of aliphatic hydroxyl groups excluding tert-OH is 1. The van der Waals surface area contributed by atoms with Gasteiger partial charge in [-0.3, -0.25) is 0 Å².